The van der Waals surface area contributed by atoms with Crippen LogP contribution in [-0.4, -0.2) is 12.5 Å². The van der Waals surface area contributed by atoms with Gasteiger partial charge in [-0.15, -0.1) is 0 Å². The van der Waals surface area contributed by atoms with Gasteiger partial charge in [-0.1, -0.05) is 18.2 Å². The molecule has 3 rings (SSSR count). The summed E-state index contributed by atoms with van der Waals surface area (Å²) in [6.07, 6.45) is 0. The second kappa shape index (κ2) is 4.39. The molecule has 2 N–H and O–H groups in total. The summed E-state index contributed by atoms with van der Waals surface area (Å²) in [7, 11) is 0. The van der Waals surface area contributed by atoms with E-state index in [4.69, 9.17) is 10.5 Å². The number of amides is 1. The topological polar surface area (TPSA) is 52.3 Å². The fourth-order valence-electron chi connectivity index (χ4n) is 2.47. The lowest BCUT2D eigenvalue weighted by molar-refractivity contribution is 0.0999. The van der Waals surface area contributed by atoms with Crippen LogP contribution >= 0.6 is 0 Å². The molecular weight excluding hydrogens is 245 g/mol. The number of carbonyl (C=O) groups is 1. The molecule has 1 aliphatic rings. The van der Waals surface area contributed by atoms with E-state index in [0.29, 0.717) is 17.9 Å². The monoisotopic (exact) mass is 257 g/mol. The third kappa shape index (κ3) is 1.95. The molecule has 0 aliphatic carbocycles. The van der Waals surface area contributed by atoms with Crippen LogP contribution in [-0.2, 0) is 0 Å². The molecular formula is C15H12FNO2. The van der Waals surface area contributed by atoms with E-state index < -0.39 is 5.91 Å². The van der Waals surface area contributed by atoms with Crippen LogP contribution in [0.5, 0.6) is 5.75 Å². The number of nitrogens with two attached hydrogens (primary N) is 1. The zero-order valence-corrected chi connectivity index (χ0v) is 10.1. The first-order valence-corrected chi connectivity index (χ1v) is 5.98. The molecule has 2 aromatic carbocycles. The molecule has 0 unspecified atom stereocenters. The van der Waals surface area contributed by atoms with E-state index in [9.17, 15) is 9.18 Å². The summed E-state index contributed by atoms with van der Waals surface area (Å²) >= 11 is 0. The van der Waals surface area contributed by atoms with Gasteiger partial charge < -0.3 is 10.5 Å². The number of halogens is 1. The molecule has 0 fully saturated rings. The Morgan fingerprint density at radius 1 is 1.21 bits per heavy atom. The Kier molecular flexibility index (Phi) is 2.71. The Labute approximate surface area is 109 Å². The maximum Gasteiger partial charge on any atom is 0.249 e. The second-order valence-electron chi connectivity index (χ2n) is 4.50. The number of primary amides is 1. The largest absolute Gasteiger partial charge is 0.492 e. The van der Waals surface area contributed by atoms with Crippen LogP contribution in [0.1, 0.15) is 27.4 Å². The van der Waals surface area contributed by atoms with Gasteiger partial charge >= 0.3 is 0 Å². The first-order valence-electron chi connectivity index (χ1n) is 5.98. The fourth-order valence-corrected chi connectivity index (χ4v) is 2.47. The molecule has 0 radical (unpaired) electrons. The van der Waals surface area contributed by atoms with Gasteiger partial charge in [-0.2, -0.15) is 0 Å². The first kappa shape index (κ1) is 11.7. The third-order valence-electron chi connectivity index (χ3n) is 3.35. The van der Waals surface area contributed by atoms with Crippen LogP contribution in [0.3, 0.4) is 0 Å². The summed E-state index contributed by atoms with van der Waals surface area (Å²) in [5.74, 6) is -0.300. The van der Waals surface area contributed by atoms with Crippen LogP contribution < -0.4 is 10.5 Å². The van der Waals surface area contributed by atoms with Crippen molar-refractivity contribution in [2.24, 2.45) is 5.73 Å². The maximum atomic E-state index is 13.4. The minimum absolute atomic E-state index is 0.158. The van der Waals surface area contributed by atoms with Crippen molar-refractivity contribution in [3.8, 4) is 5.75 Å². The van der Waals surface area contributed by atoms with Gasteiger partial charge in [-0.05, 0) is 29.8 Å². The highest BCUT2D eigenvalue weighted by molar-refractivity contribution is 5.94. The molecule has 0 saturated heterocycles. The Hall–Kier alpha value is -2.36. The van der Waals surface area contributed by atoms with Crippen molar-refractivity contribution in [1.29, 1.82) is 0 Å². The maximum absolute atomic E-state index is 13.4. The minimum Gasteiger partial charge on any atom is -0.492 e. The van der Waals surface area contributed by atoms with Gasteiger partial charge in [0, 0.05) is 17.0 Å². The number of hydrogen-bond donors (Lipinski definition) is 1. The molecule has 0 spiro atoms. The van der Waals surface area contributed by atoms with Crippen LogP contribution in [0.25, 0.3) is 0 Å². The summed E-state index contributed by atoms with van der Waals surface area (Å²) in [5, 5.41) is 0. The van der Waals surface area contributed by atoms with Crippen molar-refractivity contribution in [2.45, 2.75) is 5.92 Å². The zero-order chi connectivity index (χ0) is 13.4. The SMILES string of the molecule is NC(=O)c1ccccc1[C@@H]1COc2ccc(F)cc21. The Morgan fingerprint density at radius 2 is 2.00 bits per heavy atom. The number of carbonyl (C=O) groups excluding carboxylic acids is 1. The molecule has 0 bridgehead atoms. The summed E-state index contributed by atoms with van der Waals surface area (Å²) < 4.78 is 18.9. The van der Waals surface area contributed by atoms with Gasteiger partial charge in [0.2, 0.25) is 5.91 Å². The summed E-state index contributed by atoms with van der Waals surface area (Å²) in [6, 6.07) is 11.5. The van der Waals surface area contributed by atoms with E-state index in [2.05, 4.69) is 0 Å². The summed E-state index contributed by atoms with van der Waals surface area (Å²) in [4.78, 5) is 11.5. The Morgan fingerprint density at radius 3 is 2.79 bits per heavy atom. The lowest BCUT2D eigenvalue weighted by atomic mass is 9.89. The third-order valence-corrected chi connectivity index (χ3v) is 3.35. The van der Waals surface area contributed by atoms with Crippen LogP contribution in [0.4, 0.5) is 4.39 Å². The van der Waals surface area contributed by atoms with Crippen molar-refractivity contribution >= 4 is 5.91 Å². The molecule has 0 aromatic heterocycles. The van der Waals surface area contributed by atoms with Gasteiger partial charge in [0.15, 0.2) is 0 Å². The molecule has 2 aromatic rings. The molecule has 1 atom stereocenters. The lowest BCUT2D eigenvalue weighted by Gasteiger charge is -2.12. The molecule has 4 heteroatoms. The van der Waals surface area contributed by atoms with Gasteiger partial charge in [0.05, 0.1) is 6.61 Å². The zero-order valence-electron chi connectivity index (χ0n) is 10.1. The van der Waals surface area contributed by atoms with Crippen molar-refractivity contribution in [3.63, 3.8) is 0 Å². The summed E-state index contributed by atoms with van der Waals surface area (Å²) in [5.41, 5.74) is 7.37. The first-order chi connectivity index (χ1) is 9.16. The van der Waals surface area contributed by atoms with Gasteiger partial charge in [0.1, 0.15) is 11.6 Å². The second-order valence-corrected chi connectivity index (χ2v) is 4.50. The van der Waals surface area contributed by atoms with Crippen molar-refractivity contribution in [1.82, 2.24) is 0 Å². The smallest absolute Gasteiger partial charge is 0.249 e. The average Bonchev–Trinajstić information content (AvgIpc) is 2.81. The molecule has 1 aliphatic heterocycles. The molecule has 96 valence electrons. The van der Waals surface area contributed by atoms with E-state index in [1.54, 1.807) is 18.2 Å². The highest BCUT2D eigenvalue weighted by Gasteiger charge is 2.28. The number of benzene rings is 2. The summed E-state index contributed by atoms with van der Waals surface area (Å²) in [6.45, 7) is 0.392. The van der Waals surface area contributed by atoms with Gasteiger partial charge in [0.25, 0.3) is 0 Å². The van der Waals surface area contributed by atoms with Crippen LogP contribution in [0.15, 0.2) is 42.5 Å². The average molecular weight is 257 g/mol. The van der Waals surface area contributed by atoms with Crippen molar-refractivity contribution in [3.05, 3.63) is 65.0 Å². The number of fused-ring (bicyclic) bond motifs is 1. The highest BCUT2D eigenvalue weighted by Crippen LogP contribution is 2.39. The Balaban J connectivity index is 2.11. The lowest BCUT2D eigenvalue weighted by Crippen LogP contribution is -2.16. The van der Waals surface area contributed by atoms with Gasteiger partial charge in [-0.3, -0.25) is 4.79 Å². The normalized spacial score (nSPS) is 16.8. The number of ether oxygens (including phenoxy) is 1. The predicted octanol–water partition coefficient (Wildman–Crippen LogP) is 2.45. The van der Waals surface area contributed by atoms with E-state index >= 15 is 0 Å². The van der Waals surface area contributed by atoms with Crippen LogP contribution in [0.2, 0.25) is 0 Å². The van der Waals surface area contributed by atoms with Gasteiger partial charge in [-0.25, -0.2) is 4.39 Å². The number of rotatable bonds is 2. The Bertz CT molecular complexity index is 654. The van der Waals surface area contributed by atoms with E-state index in [1.165, 1.54) is 12.1 Å². The van der Waals surface area contributed by atoms with Crippen molar-refractivity contribution in [2.75, 3.05) is 6.61 Å². The molecule has 0 saturated carbocycles. The van der Waals surface area contributed by atoms with Crippen LogP contribution in [0, 0.1) is 5.82 Å². The van der Waals surface area contributed by atoms with E-state index in [0.717, 1.165) is 11.1 Å². The van der Waals surface area contributed by atoms with E-state index in [1.807, 2.05) is 12.1 Å². The quantitative estimate of drug-likeness (QED) is 0.898. The molecule has 1 amide bonds. The molecule has 3 nitrogen and oxygen atoms in total. The standard InChI is InChI=1S/C15H12FNO2/c16-9-5-6-14-12(7-9)13(8-19-14)10-3-1-2-4-11(10)15(17)18/h1-7,13H,8H2,(H2,17,18)/t13-/m0/s1. The van der Waals surface area contributed by atoms with E-state index in [-0.39, 0.29) is 11.7 Å². The molecule has 1 heterocycles. The number of hydrogen-bond acceptors (Lipinski definition) is 2. The minimum atomic E-state index is -0.486. The fraction of sp³-hybridized carbons (Fsp3) is 0.133. The van der Waals surface area contributed by atoms with Crippen molar-refractivity contribution < 1.29 is 13.9 Å². The molecule has 19 heavy (non-hydrogen) atoms. The predicted molar refractivity (Wildman–Crippen MR) is 68.7 cm³/mol. The highest BCUT2D eigenvalue weighted by atomic mass is 19.1.